The van der Waals surface area contributed by atoms with Gasteiger partial charge < -0.3 is 14.0 Å². The van der Waals surface area contributed by atoms with Gasteiger partial charge in [0.05, 0.1) is 14.1 Å². The van der Waals surface area contributed by atoms with Gasteiger partial charge in [-0.05, 0) is 37.5 Å². The highest BCUT2D eigenvalue weighted by Gasteiger charge is 2.33. The normalized spacial score (nSPS) is 13.2. The molecule has 0 heterocycles. The molecule has 2 rings (SSSR count). The summed E-state index contributed by atoms with van der Waals surface area (Å²) in [6.45, 7) is 6.74. The van der Waals surface area contributed by atoms with Crippen LogP contribution in [0.1, 0.15) is 109 Å². The first-order valence-electron chi connectivity index (χ1n) is 15.1. The van der Waals surface area contributed by atoms with Gasteiger partial charge in [-0.15, -0.1) is 0 Å². The number of carbonyl (C=O) groups is 1. The molecule has 0 amide bonds. The molecule has 2 aromatic carbocycles. The van der Waals surface area contributed by atoms with Gasteiger partial charge in [-0.1, -0.05) is 120 Å². The van der Waals surface area contributed by atoms with Crippen LogP contribution >= 0.6 is 0 Å². The number of nitrogens with zero attached hydrogens (tertiary/aromatic N) is 1. The van der Waals surface area contributed by atoms with Crippen LogP contribution in [0.15, 0.2) is 54.6 Å². The van der Waals surface area contributed by atoms with Crippen molar-refractivity contribution in [2.75, 3.05) is 14.1 Å². The van der Waals surface area contributed by atoms with Gasteiger partial charge in [-0.25, -0.2) is 4.79 Å². The Bertz CT molecular complexity index is 878. The number of benzene rings is 2. The van der Waals surface area contributed by atoms with Crippen molar-refractivity contribution in [1.82, 2.24) is 0 Å². The fourth-order valence-electron chi connectivity index (χ4n) is 4.86. The van der Waals surface area contributed by atoms with Gasteiger partial charge >= 0.3 is 5.97 Å². The van der Waals surface area contributed by atoms with Crippen molar-refractivity contribution >= 4 is 5.97 Å². The summed E-state index contributed by atoms with van der Waals surface area (Å²) < 4.78 is 12.0. The molecule has 0 radical (unpaired) electrons. The molecule has 212 valence electrons. The maximum Gasteiger partial charge on any atom is 0.367 e. The first-order valence-corrected chi connectivity index (χ1v) is 15.1. The molecule has 0 bridgehead atoms. The molecule has 4 heteroatoms. The van der Waals surface area contributed by atoms with Gasteiger partial charge in [0.1, 0.15) is 12.3 Å². The Kier molecular flexibility index (Phi) is 15.1. The summed E-state index contributed by atoms with van der Waals surface area (Å²) in [5.41, 5.74) is 2.53. The topological polar surface area (TPSA) is 35.5 Å². The van der Waals surface area contributed by atoms with Gasteiger partial charge in [-0.3, -0.25) is 0 Å². The summed E-state index contributed by atoms with van der Waals surface area (Å²) in [4.78, 5) is 12.8. The van der Waals surface area contributed by atoms with E-state index in [0.29, 0.717) is 4.48 Å². The standard InChI is InChI=1S/C34H54NO3/c1-6-7-8-9-10-11-12-13-14-15-16-18-21-31-24-26-33(27-25-31)37-30(3)38-34(36)29(2)35(4,5)28-32-22-19-17-20-23-32/h17,19-20,22-27,29-30H,6-16,18,21,28H2,1-5H3/q+1. The number of ether oxygens (including phenoxy) is 2. The molecule has 0 aliphatic carbocycles. The Balaban J connectivity index is 1.60. The van der Waals surface area contributed by atoms with E-state index in [4.69, 9.17) is 9.47 Å². The summed E-state index contributed by atoms with van der Waals surface area (Å²) in [6, 6.07) is 18.2. The lowest BCUT2D eigenvalue weighted by molar-refractivity contribution is -0.917. The molecule has 4 nitrogen and oxygen atoms in total. The number of likely N-dealkylation sites (N-methyl/N-ethyl adjacent to an activating group) is 1. The Labute approximate surface area is 233 Å². The third-order valence-corrected chi connectivity index (χ3v) is 7.65. The molecule has 0 aromatic heterocycles. The monoisotopic (exact) mass is 524 g/mol. The average Bonchev–Trinajstić information content (AvgIpc) is 2.90. The van der Waals surface area contributed by atoms with Crippen molar-refractivity contribution in [3.05, 3.63) is 65.7 Å². The molecule has 2 aromatic rings. The van der Waals surface area contributed by atoms with Crippen LogP contribution in [-0.2, 0) is 22.5 Å². The highest BCUT2D eigenvalue weighted by atomic mass is 16.7. The van der Waals surface area contributed by atoms with Crippen molar-refractivity contribution in [2.45, 2.75) is 123 Å². The highest BCUT2D eigenvalue weighted by Crippen LogP contribution is 2.19. The van der Waals surface area contributed by atoms with E-state index in [1.807, 2.05) is 37.3 Å². The molecule has 0 aliphatic heterocycles. The summed E-state index contributed by atoms with van der Waals surface area (Å²) in [5, 5.41) is 0. The second kappa shape index (κ2) is 18.0. The molecule has 2 unspecified atom stereocenters. The van der Waals surface area contributed by atoms with Gasteiger partial charge in [0, 0.05) is 12.5 Å². The Morgan fingerprint density at radius 3 is 1.79 bits per heavy atom. The predicted molar refractivity (Wildman–Crippen MR) is 159 cm³/mol. The second-order valence-electron chi connectivity index (χ2n) is 11.5. The van der Waals surface area contributed by atoms with Gasteiger partial charge in [0.2, 0.25) is 6.29 Å². The smallest absolute Gasteiger partial charge is 0.367 e. The van der Waals surface area contributed by atoms with E-state index in [9.17, 15) is 4.79 Å². The lowest BCUT2D eigenvalue weighted by Gasteiger charge is -2.35. The lowest BCUT2D eigenvalue weighted by atomic mass is 10.0. The van der Waals surface area contributed by atoms with Crippen LogP contribution in [0.4, 0.5) is 0 Å². The Hall–Kier alpha value is -2.33. The van der Waals surface area contributed by atoms with Crippen molar-refractivity contribution in [2.24, 2.45) is 0 Å². The number of hydrogen-bond acceptors (Lipinski definition) is 3. The van der Waals surface area contributed by atoms with Crippen molar-refractivity contribution in [1.29, 1.82) is 0 Å². The first-order chi connectivity index (χ1) is 18.3. The molecule has 2 atom stereocenters. The number of unbranched alkanes of at least 4 members (excludes halogenated alkanes) is 11. The number of hydrogen-bond donors (Lipinski definition) is 0. The average molecular weight is 525 g/mol. The van der Waals surface area contributed by atoms with Crippen LogP contribution < -0.4 is 4.74 Å². The third kappa shape index (κ3) is 13.0. The largest absolute Gasteiger partial charge is 0.455 e. The lowest BCUT2D eigenvalue weighted by Crippen LogP contribution is -2.51. The summed E-state index contributed by atoms with van der Waals surface area (Å²) >= 11 is 0. The van der Waals surface area contributed by atoms with E-state index in [0.717, 1.165) is 18.7 Å². The second-order valence-corrected chi connectivity index (χ2v) is 11.5. The van der Waals surface area contributed by atoms with Crippen LogP contribution in [0.3, 0.4) is 0 Å². The van der Waals surface area contributed by atoms with E-state index in [2.05, 4.69) is 45.3 Å². The zero-order valence-electron chi connectivity index (χ0n) is 24.9. The highest BCUT2D eigenvalue weighted by molar-refractivity contribution is 5.74. The van der Waals surface area contributed by atoms with E-state index in [1.54, 1.807) is 6.92 Å². The summed E-state index contributed by atoms with van der Waals surface area (Å²) in [6.07, 6.45) is 17.0. The SMILES string of the molecule is CCCCCCCCCCCCCCc1ccc(OC(C)OC(=O)C(C)[N+](C)(C)Cc2ccccc2)cc1. The van der Waals surface area contributed by atoms with Crippen LogP contribution in [0.25, 0.3) is 0 Å². The van der Waals surface area contributed by atoms with E-state index < -0.39 is 6.29 Å². The number of carbonyl (C=O) groups excluding carboxylic acids is 1. The summed E-state index contributed by atoms with van der Waals surface area (Å²) in [7, 11) is 4.11. The molecule has 0 saturated carbocycles. The maximum absolute atomic E-state index is 12.8. The summed E-state index contributed by atoms with van der Waals surface area (Å²) in [5.74, 6) is 0.483. The minimum atomic E-state index is -0.635. The van der Waals surface area contributed by atoms with Gasteiger partial charge in [0.15, 0.2) is 6.04 Å². The fraction of sp³-hybridized carbons (Fsp3) is 0.618. The van der Waals surface area contributed by atoms with Gasteiger partial charge in [-0.2, -0.15) is 0 Å². The Morgan fingerprint density at radius 1 is 0.711 bits per heavy atom. The molecule has 0 aliphatic rings. The third-order valence-electron chi connectivity index (χ3n) is 7.65. The van der Waals surface area contributed by atoms with Gasteiger partial charge in [0.25, 0.3) is 0 Å². The Morgan fingerprint density at radius 2 is 1.24 bits per heavy atom. The minimum Gasteiger partial charge on any atom is -0.455 e. The number of quaternary nitrogens is 1. The van der Waals surface area contributed by atoms with E-state index in [-0.39, 0.29) is 12.0 Å². The molecular formula is C34H54NO3+. The molecule has 0 fully saturated rings. The zero-order chi connectivity index (χ0) is 27.6. The van der Waals surface area contributed by atoms with Crippen molar-refractivity contribution < 1.29 is 18.8 Å². The first kappa shape index (κ1) is 31.9. The molecule has 0 N–H and O–H groups in total. The van der Waals surface area contributed by atoms with Crippen LogP contribution in [0, 0.1) is 0 Å². The number of rotatable bonds is 20. The molecule has 38 heavy (non-hydrogen) atoms. The minimum absolute atomic E-state index is 0.248. The van der Waals surface area contributed by atoms with Crippen LogP contribution in [-0.4, -0.2) is 36.9 Å². The molecule has 0 saturated heterocycles. The predicted octanol–water partition coefficient (Wildman–Crippen LogP) is 8.86. The quantitative estimate of drug-likeness (QED) is 0.0751. The van der Waals surface area contributed by atoms with Crippen molar-refractivity contribution in [3.63, 3.8) is 0 Å². The van der Waals surface area contributed by atoms with Crippen LogP contribution in [0.5, 0.6) is 5.75 Å². The van der Waals surface area contributed by atoms with Crippen LogP contribution in [0.2, 0.25) is 0 Å². The fourth-order valence-corrected chi connectivity index (χ4v) is 4.86. The van der Waals surface area contributed by atoms with E-state index in [1.165, 1.54) is 88.2 Å². The number of aryl methyl sites for hydroxylation is 1. The van der Waals surface area contributed by atoms with E-state index >= 15 is 0 Å². The van der Waals surface area contributed by atoms with Crippen molar-refractivity contribution in [3.8, 4) is 5.75 Å². The molecular weight excluding hydrogens is 470 g/mol. The molecule has 0 spiro atoms. The maximum atomic E-state index is 12.8. The zero-order valence-corrected chi connectivity index (χ0v) is 24.9. The number of esters is 1.